The van der Waals surface area contributed by atoms with Crippen LogP contribution in [0.3, 0.4) is 0 Å². The number of nitro groups is 1. The van der Waals surface area contributed by atoms with E-state index < -0.39 is 57.5 Å². The van der Waals surface area contributed by atoms with Gasteiger partial charge in [-0.3, -0.25) is 19.7 Å². The topological polar surface area (TPSA) is 118 Å². The number of carboxylic acid groups (broad SMARTS) is 2. The van der Waals surface area contributed by atoms with Crippen LogP contribution < -0.4 is 0 Å². The standard InChI is InChI=1S/C13H13F2NO6/c1-6(2)5-13(11(17)18,12(19)20)7-3-9(15)10(16(21)22)4-8(7)14/h3-4,6H,5H2,1-2H3,(H,17,18)(H,19,20). The maximum atomic E-state index is 14.1. The van der Waals surface area contributed by atoms with Crippen LogP contribution in [0.15, 0.2) is 12.1 Å². The molecule has 2 N–H and O–H groups in total. The molecule has 9 heteroatoms. The van der Waals surface area contributed by atoms with Crippen LogP contribution in [0.5, 0.6) is 0 Å². The van der Waals surface area contributed by atoms with Crippen molar-refractivity contribution in [3.8, 4) is 0 Å². The third kappa shape index (κ3) is 2.87. The minimum atomic E-state index is -2.73. The molecule has 7 nitrogen and oxygen atoms in total. The van der Waals surface area contributed by atoms with Crippen molar-refractivity contribution in [2.75, 3.05) is 0 Å². The molecule has 0 fully saturated rings. The van der Waals surface area contributed by atoms with Gasteiger partial charge in [-0.1, -0.05) is 13.8 Å². The Bertz CT molecular complexity index is 630. The largest absolute Gasteiger partial charge is 0.480 e. The van der Waals surface area contributed by atoms with E-state index in [1.54, 1.807) is 0 Å². The van der Waals surface area contributed by atoms with E-state index in [9.17, 15) is 38.7 Å². The Hall–Kier alpha value is -2.58. The number of benzene rings is 1. The molecule has 0 saturated carbocycles. The number of nitro benzene ring substituents is 1. The van der Waals surface area contributed by atoms with Gasteiger partial charge in [-0.05, 0) is 18.4 Å². The van der Waals surface area contributed by atoms with E-state index in [-0.39, 0.29) is 12.1 Å². The molecule has 0 aliphatic heterocycles. The first-order valence-electron chi connectivity index (χ1n) is 6.14. The number of hydrogen-bond acceptors (Lipinski definition) is 4. The average Bonchev–Trinajstić information content (AvgIpc) is 2.37. The number of rotatable bonds is 6. The van der Waals surface area contributed by atoms with Crippen LogP contribution in [-0.4, -0.2) is 27.1 Å². The van der Waals surface area contributed by atoms with E-state index in [0.29, 0.717) is 0 Å². The van der Waals surface area contributed by atoms with Crippen molar-refractivity contribution < 1.29 is 33.5 Å². The van der Waals surface area contributed by atoms with Gasteiger partial charge in [0.2, 0.25) is 5.82 Å². The number of carbonyl (C=O) groups is 2. The summed E-state index contributed by atoms with van der Waals surface area (Å²) in [6.07, 6.45) is -0.508. The molecular formula is C13H13F2NO6. The molecule has 1 rings (SSSR count). The van der Waals surface area contributed by atoms with Crippen molar-refractivity contribution in [3.63, 3.8) is 0 Å². The molecule has 0 atom stereocenters. The van der Waals surface area contributed by atoms with Crippen molar-refractivity contribution in [1.82, 2.24) is 0 Å². The molecule has 0 saturated heterocycles. The summed E-state index contributed by atoms with van der Waals surface area (Å²) >= 11 is 0. The lowest BCUT2D eigenvalue weighted by Gasteiger charge is -2.27. The summed E-state index contributed by atoms with van der Waals surface area (Å²) in [6, 6.07) is 0.448. The Kier molecular flexibility index (Phi) is 4.80. The van der Waals surface area contributed by atoms with Crippen LogP contribution in [-0.2, 0) is 15.0 Å². The molecule has 1 aromatic rings. The summed E-state index contributed by atoms with van der Waals surface area (Å²) in [4.78, 5) is 32.3. The van der Waals surface area contributed by atoms with Gasteiger partial charge in [-0.2, -0.15) is 4.39 Å². The molecule has 0 aliphatic carbocycles. The molecule has 120 valence electrons. The maximum Gasteiger partial charge on any atom is 0.325 e. The quantitative estimate of drug-likeness (QED) is 0.472. The van der Waals surface area contributed by atoms with E-state index in [1.165, 1.54) is 13.8 Å². The Labute approximate surface area is 123 Å². The number of halogens is 2. The highest BCUT2D eigenvalue weighted by atomic mass is 19.1. The van der Waals surface area contributed by atoms with Crippen LogP contribution in [0, 0.1) is 27.7 Å². The van der Waals surface area contributed by atoms with Gasteiger partial charge < -0.3 is 10.2 Å². The van der Waals surface area contributed by atoms with Crippen LogP contribution in [0.4, 0.5) is 14.5 Å². The average molecular weight is 317 g/mol. The molecule has 0 unspecified atom stereocenters. The van der Waals surface area contributed by atoms with E-state index in [1.807, 2.05) is 0 Å². The predicted octanol–water partition coefficient (Wildman–Crippen LogP) is 2.33. The number of nitrogens with zero attached hydrogens (tertiary/aromatic N) is 1. The van der Waals surface area contributed by atoms with Gasteiger partial charge in [0.05, 0.1) is 11.0 Å². The molecule has 0 spiro atoms. The second kappa shape index (κ2) is 6.04. The maximum absolute atomic E-state index is 14.1. The molecule has 1 aromatic carbocycles. The molecule has 0 bridgehead atoms. The Morgan fingerprint density at radius 3 is 2.09 bits per heavy atom. The molecule has 22 heavy (non-hydrogen) atoms. The van der Waals surface area contributed by atoms with Crippen molar-refractivity contribution in [3.05, 3.63) is 39.4 Å². The normalized spacial score (nSPS) is 11.5. The monoisotopic (exact) mass is 317 g/mol. The van der Waals surface area contributed by atoms with Crippen LogP contribution in [0.25, 0.3) is 0 Å². The lowest BCUT2D eigenvalue weighted by atomic mass is 9.74. The van der Waals surface area contributed by atoms with Gasteiger partial charge in [0, 0.05) is 5.56 Å². The molecule has 0 radical (unpaired) electrons. The van der Waals surface area contributed by atoms with E-state index in [0.717, 1.165) is 0 Å². The van der Waals surface area contributed by atoms with Gasteiger partial charge in [0.25, 0.3) is 0 Å². The Morgan fingerprint density at radius 2 is 1.73 bits per heavy atom. The van der Waals surface area contributed by atoms with E-state index in [2.05, 4.69) is 0 Å². The molecule has 0 heterocycles. The first-order chi connectivity index (χ1) is 10.0. The molecular weight excluding hydrogens is 304 g/mol. The lowest BCUT2D eigenvalue weighted by molar-refractivity contribution is -0.387. The zero-order valence-corrected chi connectivity index (χ0v) is 11.7. The fourth-order valence-electron chi connectivity index (χ4n) is 2.22. The highest BCUT2D eigenvalue weighted by Crippen LogP contribution is 2.36. The zero-order valence-electron chi connectivity index (χ0n) is 11.7. The number of aliphatic carboxylic acids is 2. The molecule has 0 aromatic heterocycles. The van der Waals surface area contributed by atoms with Gasteiger partial charge >= 0.3 is 17.6 Å². The summed E-state index contributed by atoms with van der Waals surface area (Å²) in [7, 11) is 0. The zero-order chi connectivity index (χ0) is 17.2. The van der Waals surface area contributed by atoms with Crippen molar-refractivity contribution in [2.24, 2.45) is 5.92 Å². The van der Waals surface area contributed by atoms with Crippen molar-refractivity contribution in [1.29, 1.82) is 0 Å². The first-order valence-corrected chi connectivity index (χ1v) is 6.14. The summed E-state index contributed by atoms with van der Waals surface area (Å²) < 4.78 is 27.7. The molecule has 0 aliphatic rings. The summed E-state index contributed by atoms with van der Waals surface area (Å²) in [5.74, 6) is -7.18. The predicted molar refractivity (Wildman–Crippen MR) is 69.4 cm³/mol. The Morgan fingerprint density at radius 1 is 1.23 bits per heavy atom. The third-order valence-electron chi connectivity index (χ3n) is 3.14. The number of carboxylic acids is 2. The van der Waals surface area contributed by atoms with E-state index in [4.69, 9.17) is 0 Å². The minimum Gasteiger partial charge on any atom is -0.480 e. The Balaban J connectivity index is 3.70. The fourth-order valence-corrected chi connectivity index (χ4v) is 2.22. The van der Waals surface area contributed by atoms with Gasteiger partial charge in [0.1, 0.15) is 5.82 Å². The molecule has 0 amide bonds. The summed E-state index contributed by atoms with van der Waals surface area (Å²) in [5, 5.41) is 29.1. The van der Waals surface area contributed by atoms with Gasteiger partial charge in [-0.25, -0.2) is 4.39 Å². The lowest BCUT2D eigenvalue weighted by Crippen LogP contribution is -2.45. The third-order valence-corrected chi connectivity index (χ3v) is 3.14. The second-order valence-electron chi connectivity index (χ2n) is 5.15. The van der Waals surface area contributed by atoms with Crippen LogP contribution in [0.1, 0.15) is 25.8 Å². The van der Waals surface area contributed by atoms with Crippen LogP contribution >= 0.6 is 0 Å². The number of hydrogen-bond donors (Lipinski definition) is 2. The SMILES string of the molecule is CC(C)CC(C(=O)O)(C(=O)O)c1cc(F)c([N+](=O)[O-])cc1F. The fraction of sp³-hybridized carbons (Fsp3) is 0.385. The highest BCUT2D eigenvalue weighted by molar-refractivity contribution is 6.04. The summed E-state index contributed by atoms with van der Waals surface area (Å²) in [6.45, 7) is 3.03. The summed E-state index contributed by atoms with van der Waals surface area (Å²) in [5.41, 5.74) is -4.88. The van der Waals surface area contributed by atoms with Crippen molar-refractivity contribution in [2.45, 2.75) is 25.7 Å². The first kappa shape index (κ1) is 17.5. The van der Waals surface area contributed by atoms with E-state index >= 15 is 0 Å². The minimum absolute atomic E-state index is 0.186. The highest BCUT2D eigenvalue weighted by Gasteiger charge is 2.51. The second-order valence-corrected chi connectivity index (χ2v) is 5.15. The van der Waals surface area contributed by atoms with Gasteiger partial charge in [0.15, 0.2) is 5.41 Å². The van der Waals surface area contributed by atoms with Crippen molar-refractivity contribution >= 4 is 17.6 Å². The van der Waals surface area contributed by atoms with Gasteiger partial charge in [-0.15, -0.1) is 0 Å². The smallest absolute Gasteiger partial charge is 0.325 e. The van der Waals surface area contributed by atoms with Crippen LogP contribution in [0.2, 0.25) is 0 Å².